The fourth-order valence-electron chi connectivity index (χ4n) is 3.91. The molecule has 1 amide bonds. The van der Waals surface area contributed by atoms with Crippen LogP contribution in [-0.4, -0.2) is 31.0 Å². The van der Waals surface area contributed by atoms with Gasteiger partial charge in [-0.05, 0) is 49.1 Å². The van der Waals surface area contributed by atoms with Crippen LogP contribution < -0.4 is 10.5 Å². The largest absolute Gasteiger partial charge is 0.484 e. The number of ether oxygens (including phenoxy) is 1. The lowest BCUT2D eigenvalue weighted by molar-refractivity contribution is -0.132. The van der Waals surface area contributed by atoms with Gasteiger partial charge in [0, 0.05) is 25.3 Å². The summed E-state index contributed by atoms with van der Waals surface area (Å²) in [5.41, 5.74) is 6.34. The van der Waals surface area contributed by atoms with E-state index in [9.17, 15) is 4.79 Å². The van der Waals surface area contributed by atoms with Gasteiger partial charge in [-0.2, -0.15) is 0 Å². The normalized spacial score (nSPS) is 26.8. The lowest BCUT2D eigenvalue weighted by Crippen LogP contribution is -2.36. The number of fused-ring (bicyclic) bond motifs is 2. The molecule has 0 heterocycles. The van der Waals surface area contributed by atoms with Gasteiger partial charge < -0.3 is 15.4 Å². The zero-order valence-corrected chi connectivity index (χ0v) is 12.6. The lowest BCUT2D eigenvalue weighted by atomic mass is 9.88. The summed E-state index contributed by atoms with van der Waals surface area (Å²) in [5.74, 6) is 3.16. The maximum atomic E-state index is 12.2. The fourth-order valence-corrected chi connectivity index (χ4v) is 3.91. The van der Waals surface area contributed by atoms with Crippen LogP contribution in [0.3, 0.4) is 0 Å². The third-order valence-electron chi connectivity index (χ3n) is 5.04. The Morgan fingerprint density at radius 3 is 2.90 bits per heavy atom. The Morgan fingerprint density at radius 2 is 2.24 bits per heavy atom. The van der Waals surface area contributed by atoms with Crippen LogP contribution in [0.25, 0.3) is 0 Å². The molecule has 0 spiro atoms. The maximum Gasteiger partial charge on any atom is 0.260 e. The molecule has 1 aromatic carbocycles. The summed E-state index contributed by atoms with van der Waals surface area (Å²) in [6.07, 6.45) is 5.44. The Balaban J connectivity index is 1.46. The topological polar surface area (TPSA) is 55.6 Å². The van der Waals surface area contributed by atoms with Crippen molar-refractivity contribution in [2.75, 3.05) is 25.9 Å². The van der Waals surface area contributed by atoms with E-state index < -0.39 is 0 Å². The average molecular weight is 288 g/mol. The SMILES string of the molecule is CN(CC1CC2CCC1C2)C(=O)COc1cccc(N)c1. The molecule has 0 aromatic heterocycles. The van der Waals surface area contributed by atoms with E-state index in [4.69, 9.17) is 10.5 Å². The molecule has 3 unspecified atom stereocenters. The number of hydrogen-bond acceptors (Lipinski definition) is 3. The van der Waals surface area contributed by atoms with Crippen LogP contribution in [0.15, 0.2) is 24.3 Å². The van der Waals surface area contributed by atoms with Crippen molar-refractivity contribution >= 4 is 11.6 Å². The van der Waals surface area contributed by atoms with E-state index in [1.807, 2.05) is 24.1 Å². The van der Waals surface area contributed by atoms with Crippen molar-refractivity contribution in [3.63, 3.8) is 0 Å². The summed E-state index contributed by atoms with van der Waals surface area (Å²) in [6.45, 7) is 0.959. The van der Waals surface area contributed by atoms with Crippen LogP contribution in [-0.2, 0) is 4.79 Å². The van der Waals surface area contributed by atoms with E-state index in [1.165, 1.54) is 25.7 Å². The van der Waals surface area contributed by atoms with Gasteiger partial charge in [-0.15, -0.1) is 0 Å². The van der Waals surface area contributed by atoms with Gasteiger partial charge in [0.25, 0.3) is 5.91 Å². The molecule has 2 N–H and O–H groups in total. The number of hydrogen-bond donors (Lipinski definition) is 1. The van der Waals surface area contributed by atoms with Gasteiger partial charge in [0.15, 0.2) is 6.61 Å². The zero-order chi connectivity index (χ0) is 14.8. The minimum Gasteiger partial charge on any atom is -0.484 e. The second-order valence-corrected chi connectivity index (χ2v) is 6.57. The Hall–Kier alpha value is -1.71. The van der Waals surface area contributed by atoms with Gasteiger partial charge in [0.05, 0.1) is 0 Å². The Labute approximate surface area is 126 Å². The second-order valence-electron chi connectivity index (χ2n) is 6.57. The van der Waals surface area contributed by atoms with Crippen molar-refractivity contribution in [1.82, 2.24) is 4.90 Å². The molecule has 3 rings (SSSR count). The number of rotatable bonds is 5. The summed E-state index contributed by atoms with van der Waals surface area (Å²) in [5, 5.41) is 0. The number of carbonyl (C=O) groups excluding carboxylic acids is 1. The monoisotopic (exact) mass is 288 g/mol. The summed E-state index contributed by atoms with van der Waals surface area (Å²) < 4.78 is 5.52. The van der Waals surface area contributed by atoms with Gasteiger partial charge in [-0.1, -0.05) is 12.5 Å². The molecular weight excluding hydrogens is 264 g/mol. The van der Waals surface area contributed by atoms with Crippen molar-refractivity contribution in [2.24, 2.45) is 17.8 Å². The van der Waals surface area contributed by atoms with Gasteiger partial charge in [0.2, 0.25) is 0 Å². The number of amides is 1. The number of nitrogens with two attached hydrogens (primary N) is 1. The number of carbonyl (C=O) groups is 1. The molecule has 4 heteroatoms. The third-order valence-corrected chi connectivity index (χ3v) is 5.04. The molecular formula is C17H24N2O2. The number of nitrogen functional groups attached to an aromatic ring is 1. The van der Waals surface area contributed by atoms with Crippen molar-refractivity contribution < 1.29 is 9.53 Å². The molecule has 2 fully saturated rings. The quantitative estimate of drug-likeness (QED) is 0.847. The fraction of sp³-hybridized carbons (Fsp3) is 0.588. The minimum absolute atomic E-state index is 0.0418. The number of likely N-dealkylation sites (N-methyl/N-ethyl adjacent to an activating group) is 1. The first kappa shape index (κ1) is 14.2. The molecule has 21 heavy (non-hydrogen) atoms. The van der Waals surface area contributed by atoms with Gasteiger partial charge in [-0.25, -0.2) is 0 Å². The van der Waals surface area contributed by atoms with Crippen LogP contribution in [0.5, 0.6) is 5.75 Å². The van der Waals surface area contributed by atoms with Gasteiger partial charge >= 0.3 is 0 Å². The predicted octanol–water partition coefficient (Wildman–Crippen LogP) is 2.54. The van der Waals surface area contributed by atoms with Crippen LogP contribution in [0, 0.1) is 17.8 Å². The van der Waals surface area contributed by atoms with Crippen LogP contribution in [0.2, 0.25) is 0 Å². The predicted molar refractivity (Wildman–Crippen MR) is 82.9 cm³/mol. The third kappa shape index (κ3) is 3.31. The second kappa shape index (κ2) is 5.96. The van der Waals surface area contributed by atoms with Crippen molar-refractivity contribution in [2.45, 2.75) is 25.7 Å². The molecule has 114 valence electrons. The summed E-state index contributed by atoms with van der Waals surface area (Å²) in [7, 11) is 1.89. The smallest absolute Gasteiger partial charge is 0.260 e. The molecule has 2 aliphatic carbocycles. The van der Waals surface area contributed by atoms with Gasteiger partial charge in [-0.3, -0.25) is 4.79 Å². The lowest BCUT2D eigenvalue weighted by Gasteiger charge is -2.27. The summed E-state index contributed by atoms with van der Waals surface area (Å²) in [4.78, 5) is 14.0. The molecule has 2 aliphatic rings. The molecule has 0 saturated heterocycles. The molecule has 3 atom stereocenters. The molecule has 2 bridgehead atoms. The average Bonchev–Trinajstić information content (AvgIpc) is 3.07. The number of nitrogens with zero attached hydrogens (tertiary/aromatic N) is 1. The van der Waals surface area contributed by atoms with Crippen molar-refractivity contribution in [1.29, 1.82) is 0 Å². The highest BCUT2D eigenvalue weighted by Crippen LogP contribution is 2.48. The van der Waals surface area contributed by atoms with E-state index in [1.54, 1.807) is 12.1 Å². The van der Waals surface area contributed by atoms with E-state index in [2.05, 4.69) is 0 Å². The zero-order valence-electron chi connectivity index (χ0n) is 12.6. The van der Waals surface area contributed by atoms with Crippen molar-refractivity contribution in [3.05, 3.63) is 24.3 Å². The summed E-state index contributed by atoms with van der Waals surface area (Å²) in [6, 6.07) is 7.19. The first-order valence-corrected chi connectivity index (χ1v) is 7.84. The minimum atomic E-state index is 0.0418. The highest BCUT2D eigenvalue weighted by atomic mass is 16.5. The Kier molecular flexibility index (Phi) is 4.04. The Bertz CT molecular complexity index is 517. The molecule has 2 saturated carbocycles. The first-order valence-electron chi connectivity index (χ1n) is 7.84. The maximum absolute atomic E-state index is 12.2. The highest BCUT2D eigenvalue weighted by Gasteiger charge is 2.40. The van der Waals surface area contributed by atoms with Crippen LogP contribution in [0.1, 0.15) is 25.7 Å². The standard InChI is InChI=1S/C17H24N2O2/c1-19(10-14-8-12-5-6-13(14)7-12)17(20)11-21-16-4-2-3-15(18)9-16/h2-4,9,12-14H,5-8,10-11,18H2,1H3. The van der Waals surface area contributed by atoms with Gasteiger partial charge in [0.1, 0.15) is 5.75 Å². The van der Waals surface area contributed by atoms with E-state index in [0.29, 0.717) is 17.4 Å². The summed E-state index contributed by atoms with van der Waals surface area (Å²) >= 11 is 0. The molecule has 0 aliphatic heterocycles. The molecule has 4 nitrogen and oxygen atoms in total. The number of anilines is 1. The van der Waals surface area contributed by atoms with E-state index in [0.717, 1.165) is 18.4 Å². The van der Waals surface area contributed by atoms with Crippen LogP contribution >= 0.6 is 0 Å². The first-order chi connectivity index (χ1) is 10.1. The van der Waals surface area contributed by atoms with Crippen LogP contribution in [0.4, 0.5) is 5.69 Å². The number of benzene rings is 1. The van der Waals surface area contributed by atoms with E-state index in [-0.39, 0.29) is 12.5 Å². The molecule has 0 radical (unpaired) electrons. The highest BCUT2D eigenvalue weighted by molar-refractivity contribution is 5.77. The van der Waals surface area contributed by atoms with Crippen molar-refractivity contribution in [3.8, 4) is 5.75 Å². The van der Waals surface area contributed by atoms with E-state index >= 15 is 0 Å². The Morgan fingerprint density at radius 1 is 1.38 bits per heavy atom. The molecule has 1 aromatic rings.